The number of esters is 4. The molecule has 3 aromatic carbocycles. The van der Waals surface area contributed by atoms with Gasteiger partial charge in [-0.05, 0) is 48.5 Å². The number of rotatable bonds is 12. The number of methoxy groups -OCH3 is 2. The molecule has 0 spiro atoms. The fraction of sp³-hybridized carbons (Fsp3) is 0.226. The SMILES string of the molecule is COc1cc(C(=O)O[C@H](C(=O)O)[C@@H](OC(=O)c2ccc(OC(C)=O)c(OC)c2)C(=O)Nc2ccccc2C(F)(F)F)ccc1OC(C)=O. The fourth-order valence-corrected chi connectivity index (χ4v) is 3.97. The van der Waals surface area contributed by atoms with Crippen LogP contribution in [0.1, 0.15) is 40.1 Å². The maximum atomic E-state index is 13.6. The second kappa shape index (κ2) is 15.4. The van der Waals surface area contributed by atoms with E-state index >= 15 is 0 Å². The molecule has 0 saturated heterocycles. The topological polar surface area (TPSA) is 190 Å². The van der Waals surface area contributed by atoms with E-state index in [0.717, 1.165) is 68.4 Å². The van der Waals surface area contributed by atoms with Gasteiger partial charge in [-0.25, -0.2) is 14.4 Å². The molecule has 0 bridgehead atoms. The van der Waals surface area contributed by atoms with Gasteiger partial charge in [0.1, 0.15) is 0 Å². The minimum absolute atomic E-state index is 0.110. The summed E-state index contributed by atoms with van der Waals surface area (Å²) in [7, 11) is 2.34. The average molecular weight is 678 g/mol. The van der Waals surface area contributed by atoms with Crippen molar-refractivity contribution >= 4 is 41.4 Å². The minimum Gasteiger partial charge on any atom is -0.493 e. The van der Waals surface area contributed by atoms with Crippen LogP contribution >= 0.6 is 0 Å². The third-order valence-electron chi connectivity index (χ3n) is 6.04. The van der Waals surface area contributed by atoms with E-state index in [-0.39, 0.29) is 28.6 Å². The third-order valence-corrected chi connectivity index (χ3v) is 6.04. The van der Waals surface area contributed by atoms with E-state index < -0.39 is 71.0 Å². The van der Waals surface area contributed by atoms with Crippen molar-refractivity contribution < 1.29 is 75.5 Å². The van der Waals surface area contributed by atoms with Gasteiger partial charge in [-0.2, -0.15) is 13.2 Å². The van der Waals surface area contributed by atoms with Crippen molar-refractivity contribution in [3.8, 4) is 23.0 Å². The van der Waals surface area contributed by atoms with Crippen molar-refractivity contribution in [1.29, 1.82) is 0 Å². The van der Waals surface area contributed by atoms with Crippen LogP contribution in [0, 0.1) is 0 Å². The lowest BCUT2D eigenvalue weighted by molar-refractivity contribution is -0.157. The van der Waals surface area contributed by atoms with Crippen LogP contribution in [0.2, 0.25) is 0 Å². The first-order valence-electron chi connectivity index (χ1n) is 13.4. The van der Waals surface area contributed by atoms with Crippen LogP contribution in [0.25, 0.3) is 0 Å². The number of benzene rings is 3. The highest BCUT2D eigenvalue weighted by atomic mass is 19.4. The Kier molecular flexibility index (Phi) is 11.7. The number of amides is 1. The van der Waals surface area contributed by atoms with Gasteiger partial charge in [-0.15, -0.1) is 0 Å². The Balaban J connectivity index is 2.03. The van der Waals surface area contributed by atoms with E-state index in [1.54, 1.807) is 0 Å². The van der Waals surface area contributed by atoms with Gasteiger partial charge in [0.05, 0.1) is 36.6 Å². The first kappa shape index (κ1) is 36.3. The standard InChI is InChI=1S/C31H26F3NO13/c1-15(36)45-21-11-9-17(13-23(21)43-3)29(41)47-25(27(38)35-20-8-6-5-7-19(20)31(32,33)34)26(28(39)40)48-30(42)18-10-12-22(46-16(2)37)24(14-18)44-4/h5-14,25-26H,1-4H3,(H,35,38)(H,39,40)/t25-,26+/m1/s1. The van der Waals surface area contributed by atoms with Gasteiger partial charge in [0, 0.05) is 13.8 Å². The highest BCUT2D eigenvalue weighted by molar-refractivity contribution is 6.02. The van der Waals surface area contributed by atoms with E-state index in [0.29, 0.717) is 6.07 Å². The second-order valence-corrected chi connectivity index (χ2v) is 9.44. The summed E-state index contributed by atoms with van der Waals surface area (Å²) >= 11 is 0. The van der Waals surface area contributed by atoms with Crippen molar-refractivity contribution in [3.63, 3.8) is 0 Å². The third kappa shape index (κ3) is 9.21. The number of carbonyl (C=O) groups is 6. The zero-order chi connectivity index (χ0) is 35.8. The molecule has 0 saturated carbocycles. The molecule has 2 N–H and O–H groups in total. The van der Waals surface area contributed by atoms with Gasteiger partial charge in [0.25, 0.3) is 5.91 Å². The number of hydrogen-bond acceptors (Lipinski definition) is 12. The number of hydrogen-bond donors (Lipinski definition) is 2. The van der Waals surface area contributed by atoms with E-state index in [2.05, 4.69) is 0 Å². The predicted molar refractivity (Wildman–Crippen MR) is 155 cm³/mol. The van der Waals surface area contributed by atoms with Crippen LogP contribution in [0.5, 0.6) is 23.0 Å². The fourth-order valence-electron chi connectivity index (χ4n) is 3.97. The lowest BCUT2D eigenvalue weighted by Crippen LogP contribution is -2.48. The number of ether oxygens (including phenoxy) is 6. The van der Waals surface area contributed by atoms with Crippen molar-refractivity contribution in [2.45, 2.75) is 32.2 Å². The molecule has 0 aliphatic rings. The van der Waals surface area contributed by atoms with Gasteiger partial charge in [-0.1, -0.05) is 12.1 Å². The highest BCUT2D eigenvalue weighted by Gasteiger charge is 2.42. The van der Waals surface area contributed by atoms with E-state index in [1.165, 1.54) is 14.2 Å². The summed E-state index contributed by atoms with van der Waals surface area (Å²) in [5, 5.41) is 11.9. The summed E-state index contributed by atoms with van der Waals surface area (Å²) in [6, 6.07) is 10.0. The first-order valence-corrected chi connectivity index (χ1v) is 13.4. The molecule has 3 rings (SSSR count). The van der Waals surface area contributed by atoms with E-state index in [1.807, 2.05) is 5.32 Å². The number of anilines is 1. The van der Waals surface area contributed by atoms with Crippen molar-refractivity contribution in [2.24, 2.45) is 0 Å². The Hall–Kier alpha value is -6.13. The second-order valence-electron chi connectivity index (χ2n) is 9.44. The molecule has 254 valence electrons. The zero-order valence-electron chi connectivity index (χ0n) is 25.4. The van der Waals surface area contributed by atoms with Gasteiger partial charge >= 0.3 is 36.0 Å². The molecular formula is C31H26F3NO13. The molecule has 48 heavy (non-hydrogen) atoms. The largest absolute Gasteiger partial charge is 0.493 e. The van der Waals surface area contributed by atoms with Crippen LogP contribution in [0.4, 0.5) is 18.9 Å². The molecule has 0 aliphatic carbocycles. The van der Waals surface area contributed by atoms with Gasteiger partial charge in [0.2, 0.25) is 12.2 Å². The zero-order valence-corrected chi connectivity index (χ0v) is 25.4. The molecule has 2 atom stereocenters. The molecule has 17 heteroatoms. The number of aliphatic carboxylic acids is 1. The molecule has 1 amide bonds. The lowest BCUT2D eigenvalue weighted by Gasteiger charge is -2.24. The van der Waals surface area contributed by atoms with Crippen LogP contribution in [-0.2, 0) is 34.8 Å². The summed E-state index contributed by atoms with van der Waals surface area (Å²) in [5.74, 6) is -8.48. The number of halogens is 3. The first-order chi connectivity index (χ1) is 22.5. The van der Waals surface area contributed by atoms with Gasteiger partial charge in [0.15, 0.2) is 23.0 Å². The highest BCUT2D eigenvalue weighted by Crippen LogP contribution is 2.35. The molecule has 14 nitrogen and oxygen atoms in total. The summed E-state index contributed by atoms with van der Waals surface area (Å²) in [6.45, 7) is 2.20. The Labute approximate surface area is 269 Å². The maximum absolute atomic E-state index is 13.6. The predicted octanol–water partition coefficient (Wildman–Crippen LogP) is 4.05. The minimum atomic E-state index is -4.97. The summed E-state index contributed by atoms with van der Waals surface area (Å²) in [5.41, 5.74) is -2.92. The number of carboxylic acids is 1. The summed E-state index contributed by atoms with van der Waals surface area (Å²) < 4.78 is 71.1. The molecule has 0 aliphatic heterocycles. The molecule has 0 fully saturated rings. The monoisotopic (exact) mass is 677 g/mol. The van der Waals surface area contributed by atoms with Gasteiger partial charge < -0.3 is 38.8 Å². The Morgan fingerprint density at radius 1 is 0.688 bits per heavy atom. The number of carbonyl (C=O) groups excluding carboxylic acids is 5. The number of alkyl halides is 3. The Morgan fingerprint density at radius 2 is 1.15 bits per heavy atom. The van der Waals surface area contributed by atoms with E-state index in [9.17, 15) is 47.0 Å². The lowest BCUT2D eigenvalue weighted by atomic mass is 10.1. The van der Waals surface area contributed by atoms with Crippen molar-refractivity contribution in [3.05, 3.63) is 77.4 Å². The summed E-state index contributed by atoms with van der Waals surface area (Å²) in [4.78, 5) is 74.8. The maximum Gasteiger partial charge on any atom is 0.418 e. The molecule has 0 aromatic heterocycles. The Morgan fingerprint density at radius 3 is 1.56 bits per heavy atom. The van der Waals surface area contributed by atoms with E-state index in [4.69, 9.17) is 28.4 Å². The number of nitrogens with one attached hydrogen (secondary N) is 1. The smallest absolute Gasteiger partial charge is 0.418 e. The quantitative estimate of drug-likeness (QED) is 0.206. The van der Waals surface area contributed by atoms with Crippen LogP contribution < -0.4 is 24.3 Å². The summed E-state index contributed by atoms with van der Waals surface area (Å²) in [6.07, 6.45) is -10.2. The van der Waals surface area contributed by atoms with Gasteiger partial charge in [-0.3, -0.25) is 14.4 Å². The molecule has 0 radical (unpaired) electrons. The molecular weight excluding hydrogens is 651 g/mol. The number of carboxylic acid groups (broad SMARTS) is 1. The van der Waals surface area contributed by atoms with Crippen molar-refractivity contribution in [2.75, 3.05) is 19.5 Å². The molecule has 3 aromatic rings. The molecule has 0 unspecified atom stereocenters. The van der Waals surface area contributed by atoms with Crippen molar-refractivity contribution in [1.82, 2.24) is 0 Å². The Bertz CT molecular complexity index is 1740. The number of para-hydroxylation sites is 1. The molecule has 0 heterocycles. The normalized spacial score (nSPS) is 12.1. The van der Waals surface area contributed by atoms with Crippen LogP contribution in [0.3, 0.4) is 0 Å². The van der Waals surface area contributed by atoms with Crippen LogP contribution in [0.15, 0.2) is 60.7 Å². The van der Waals surface area contributed by atoms with Crippen LogP contribution in [-0.4, -0.2) is 67.3 Å². The average Bonchev–Trinajstić information content (AvgIpc) is 3.01.